The first kappa shape index (κ1) is 22.2. The highest BCUT2D eigenvalue weighted by atomic mass is 79.9. The predicted octanol–water partition coefficient (Wildman–Crippen LogP) is 4.22. The lowest BCUT2D eigenvalue weighted by Crippen LogP contribution is -2.43. The standard InChI is InChI=1S/C24H21BrN2O4S/c1-16-7-13-20(14-8-16)32(30,31)27-22(17-9-11-19(25)12-10-17)15-21(24(27)29)26-23(28)18-5-3-2-4-6-18/h2-14,21-22H,15H2,1H3,(H,26,28)/t21-,22-/m0/s1. The Hall–Kier alpha value is -2.97. The van der Waals surface area contributed by atoms with Crippen LogP contribution in [-0.4, -0.2) is 30.6 Å². The van der Waals surface area contributed by atoms with E-state index in [1.165, 1.54) is 12.1 Å². The van der Waals surface area contributed by atoms with E-state index >= 15 is 0 Å². The second-order valence-electron chi connectivity index (χ2n) is 7.65. The van der Waals surface area contributed by atoms with Gasteiger partial charge in [0.05, 0.1) is 10.9 Å². The minimum atomic E-state index is -4.12. The van der Waals surface area contributed by atoms with E-state index in [9.17, 15) is 18.0 Å². The maximum Gasteiger partial charge on any atom is 0.267 e. The zero-order valence-corrected chi connectivity index (χ0v) is 19.6. The summed E-state index contributed by atoms with van der Waals surface area (Å²) in [6.07, 6.45) is 0.143. The molecule has 0 saturated carbocycles. The Morgan fingerprint density at radius 2 is 1.59 bits per heavy atom. The third-order valence-corrected chi connectivity index (χ3v) is 7.78. The summed E-state index contributed by atoms with van der Waals surface area (Å²) in [5.41, 5.74) is 1.99. The Balaban J connectivity index is 1.71. The zero-order valence-electron chi connectivity index (χ0n) is 17.2. The topological polar surface area (TPSA) is 83.6 Å². The lowest BCUT2D eigenvalue weighted by atomic mass is 10.0. The van der Waals surface area contributed by atoms with E-state index in [2.05, 4.69) is 21.2 Å². The molecule has 32 heavy (non-hydrogen) atoms. The maximum atomic E-state index is 13.5. The van der Waals surface area contributed by atoms with Gasteiger partial charge in [-0.2, -0.15) is 0 Å². The summed E-state index contributed by atoms with van der Waals surface area (Å²) in [7, 11) is -4.12. The molecule has 164 valence electrons. The van der Waals surface area contributed by atoms with Crippen LogP contribution < -0.4 is 5.32 Å². The fourth-order valence-corrected chi connectivity index (χ4v) is 5.62. The molecule has 0 unspecified atom stereocenters. The molecule has 0 radical (unpaired) electrons. The predicted molar refractivity (Wildman–Crippen MR) is 124 cm³/mol. The van der Waals surface area contributed by atoms with Gasteiger partial charge in [-0.25, -0.2) is 12.7 Å². The summed E-state index contributed by atoms with van der Waals surface area (Å²) in [6.45, 7) is 1.86. The lowest BCUT2D eigenvalue weighted by Gasteiger charge is -2.24. The molecule has 6 nitrogen and oxygen atoms in total. The van der Waals surface area contributed by atoms with Crippen LogP contribution >= 0.6 is 15.9 Å². The number of nitrogens with one attached hydrogen (secondary N) is 1. The molecule has 2 atom stereocenters. The van der Waals surface area contributed by atoms with Crippen LogP contribution in [0, 0.1) is 6.92 Å². The number of carbonyl (C=O) groups excluding carboxylic acids is 2. The van der Waals surface area contributed by atoms with Gasteiger partial charge in [0.1, 0.15) is 6.04 Å². The molecule has 4 rings (SSSR count). The van der Waals surface area contributed by atoms with Crippen LogP contribution in [0.3, 0.4) is 0 Å². The number of aryl methyl sites for hydroxylation is 1. The van der Waals surface area contributed by atoms with Crippen molar-refractivity contribution in [2.75, 3.05) is 0 Å². The second kappa shape index (κ2) is 8.88. The molecule has 0 spiro atoms. The molecule has 3 aromatic rings. The summed E-state index contributed by atoms with van der Waals surface area (Å²) in [5.74, 6) is -1.07. The third-order valence-electron chi connectivity index (χ3n) is 5.43. The average molecular weight is 513 g/mol. The highest BCUT2D eigenvalue weighted by molar-refractivity contribution is 9.10. The van der Waals surface area contributed by atoms with Gasteiger partial charge in [-0.3, -0.25) is 9.59 Å². The molecule has 1 N–H and O–H groups in total. The largest absolute Gasteiger partial charge is 0.340 e. The van der Waals surface area contributed by atoms with Crippen LogP contribution in [0.1, 0.15) is 33.9 Å². The molecule has 3 aromatic carbocycles. The van der Waals surface area contributed by atoms with E-state index in [0.29, 0.717) is 11.1 Å². The SMILES string of the molecule is Cc1ccc(S(=O)(=O)N2C(=O)[C@@H](NC(=O)c3ccccc3)C[C@H]2c2ccc(Br)cc2)cc1. The summed E-state index contributed by atoms with van der Waals surface area (Å²) < 4.78 is 28.7. The number of rotatable bonds is 5. The number of benzene rings is 3. The van der Waals surface area contributed by atoms with E-state index in [1.54, 1.807) is 66.7 Å². The monoisotopic (exact) mass is 512 g/mol. The molecule has 2 amide bonds. The van der Waals surface area contributed by atoms with Crippen molar-refractivity contribution in [2.24, 2.45) is 0 Å². The minimum absolute atomic E-state index is 0.0357. The van der Waals surface area contributed by atoms with Gasteiger partial charge < -0.3 is 5.32 Å². The number of sulfonamides is 1. The molecule has 8 heteroatoms. The molecular formula is C24H21BrN2O4S. The number of carbonyl (C=O) groups is 2. The molecule has 1 saturated heterocycles. The Morgan fingerprint density at radius 1 is 0.969 bits per heavy atom. The van der Waals surface area contributed by atoms with Gasteiger partial charge >= 0.3 is 0 Å². The van der Waals surface area contributed by atoms with E-state index in [4.69, 9.17) is 0 Å². The van der Waals surface area contributed by atoms with Crippen molar-refractivity contribution in [1.82, 2.24) is 9.62 Å². The molecule has 1 fully saturated rings. The zero-order chi connectivity index (χ0) is 22.9. The van der Waals surface area contributed by atoms with Gasteiger partial charge in [0.15, 0.2) is 0 Å². The number of hydrogen-bond acceptors (Lipinski definition) is 4. The van der Waals surface area contributed by atoms with Crippen molar-refractivity contribution in [1.29, 1.82) is 0 Å². The lowest BCUT2D eigenvalue weighted by molar-refractivity contribution is -0.126. The van der Waals surface area contributed by atoms with Crippen molar-refractivity contribution >= 4 is 37.8 Å². The molecule has 1 aliphatic heterocycles. The number of nitrogens with zero attached hydrogens (tertiary/aromatic N) is 1. The maximum absolute atomic E-state index is 13.5. The summed E-state index contributed by atoms with van der Waals surface area (Å²) >= 11 is 3.38. The summed E-state index contributed by atoms with van der Waals surface area (Å²) in [4.78, 5) is 26.0. The fourth-order valence-electron chi connectivity index (χ4n) is 3.74. The fraction of sp³-hybridized carbons (Fsp3) is 0.167. The van der Waals surface area contributed by atoms with Crippen LogP contribution in [0.5, 0.6) is 0 Å². The van der Waals surface area contributed by atoms with Gasteiger partial charge in [-0.05, 0) is 48.9 Å². The third kappa shape index (κ3) is 4.33. The van der Waals surface area contributed by atoms with Crippen molar-refractivity contribution < 1.29 is 18.0 Å². The first-order chi connectivity index (χ1) is 15.3. The number of amides is 2. The van der Waals surface area contributed by atoms with Crippen molar-refractivity contribution in [3.05, 3.63) is 100 Å². The van der Waals surface area contributed by atoms with E-state index in [0.717, 1.165) is 14.3 Å². The second-order valence-corrected chi connectivity index (χ2v) is 10.4. The van der Waals surface area contributed by atoms with Crippen LogP contribution in [-0.2, 0) is 14.8 Å². The Labute approximate surface area is 195 Å². The van der Waals surface area contributed by atoms with E-state index in [-0.39, 0.29) is 11.3 Å². The molecule has 0 aromatic heterocycles. The van der Waals surface area contributed by atoms with Crippen LogP contribution in [0.2, 0.25) is 0 Å². The van der Waals surface area contributed by atoms with E-state index in [1.807, 2.05) is 6.92 Å². The smallest absolute Gasteiger partial charge is 0.267 e. The highest BCUT2D eigenvalue weighted by Gasteiger charge is 2.47. The first-order valence-electron chi connectivity index (χ1n) is 10.0. The summed E-state index contributed by atoms with van der Waals surface area (Å²) in [5, 5.41) is 2.71. The quantitative estimate of drug-likeness (QED) is 0.554. The van der Waals surface area contributed by atoms with Gasteiger partial charge in [0.2, 0.25) is 0 Å². The van der Waals surface area contributed by atoms with Crippen LogP contribution in [0.15, 0.2) is 88.2 Å². The molecule has 1 heterocycles. The molecular weight excluding hydrogens is 492 g/mol. The number of hydrogen-bond donors (Lipinski definition) is 1. The van der Waals surface area contributed by atoms with Gasteiger partial charge in [-0.1, -0.05) is 64.0 Å². The normalized spacial score (nSPS) is 18.6. The van der Waals surface area contributed by atoms with Crippen molar-refractivity contribution in [2.45, 2.75) is 30.3 Å². The summed E-state index contributed by atoms with van der Waals surface area (Å²) in [6, 6.07) is 20.3. The van der Waals surface area contributed by atoms with E-state index < -0.39 is 33.9 Å². The molecule has 0 bridgehead atoms. The molecule has 0 aliphatic carbocycles. The first-order valence-corrected chi connectivity index (χ1v) is 12.3. The average Bonchev–Trinajstić information content (AvgIpc) is 3.11. The highest BCUT2D eigenvalue weighted by Crippen LogP contribution is 2.38. The minimum Gasteiger partial charge on any atom is -0.340 e. The van der Waals surface area contributed by atoms with Gasteiger partial charge in [-0.15, -0.1) is 0 Å². The van der Waals surface area contributed by atoms with Crippen molar-refractivity contribution in [3.8, 4) is 0 Å². The van der Waals surface area contributed by atoms with Crippen molar-refractivity contribution in [3.63, 3.8) is 0 Å². The Morgan fingerprint density at radius 3 is 2.22 bits per heavy atom. The Kier molecular flexibility index (Phi) is 6.17. The van der Waals surface area contributed by atoms with Crippen LogP contribution in [0.25, 0.3) is 0 Å². The molecule has 1 aliphatic rings. The van der Waals surface area contributed by atoms with Crippen LogP contribution in [0.4, 0.5) is 0 Å². The number of halogens is 1. The van der Waals surface area contributed by atoms with Gasteiger partial charge in [0.25, 0.3) is 21.8 Å². The Bertz CT molecular complexity index is 1240. The van der Waals surface area contributed by atoms with Gasteiger partial charge in [0, 0.05) is 16.5 Å².